The van der Waals surface area contributed by atoms with Crippen molar-refractivity contribution in [1.82, 2.24) is 9.88 Å². The number of nitrogens with zero attached hydrogens (tertiary/aromatic N) is 2. The van der Waals surface area contributed by atoms with E-state index in [1.54, 1.807) is 5.38 Å². The van der Waals surface area contributed by atoms with Gasteiger partial charge in [-0.3, -0.25) is 4.79 Å². The Balaban J connectivity index is 0.00000144. The lowest BCUT2D eigenvalue weighted by Gasteiger charge is -2.19. The van der Waals surface area contributed by atoms with E-state index in [1.807, 2.05) is 11.8 Å². The highest BCUT2D eigenvalue weighted by atomic mass is 35.5. The molecule has 0 spiro atoms. The molecule has 6 heteroatoms. The van der Waals surface area contributed by atoms with Gasteiger partial charge in [0.25, 0.3) is 5.91 Å². The Morgan fingerprint density at radius 1 is 1.65 bits per heavy atom. The fourth-order valence-electron chi connectivity index (χ4n) is 1.63. The zero-order valence-corrected chi connectivity index (χ0v) is 11.5. The molecule has 1 fully saturated rings. The molecule has 1 aromatic rings. The quantitative estimate of drug-likeness (QED) is 0.893. The number of rotatable bonds is 5. The summed E-state index contributed by atoms with van der Waals surface area (Å²) in [6, 6.07) is 0. The van der Waals surface area contributed by atoms with Crippen molar-refractivity contribution >= 4 is 29.7 Å². The van der Waals surface area contributed by atoms with Crippen LogP contribution in [0.1, 0.15) is 35.3 Å². The van der Waals surface area contributed by atoms with Crippen LogP contribution < -0.4 is 5.73 Å². The number of aromatic nitrogens is 1. The molecule has 0 saturated heterocycles. The fourth-order valence-corrected chi connectivity index (χ4v) is 2.28. The Kier molecular flexibility index (Phi) is 5.36. The molecule has 1 aliphatic carbocycles. The van der Waals surface area contributed by atoms with Crippen LogP contribution in [0.25, 0.3) is 0 Å². The van der Waals surface area contributed by atoms with Gasteiger partial charge in [-0.15, -0.1) is 23.7 Å². The number of hydrogen-bond acceptors (Lipinski definition) is 4. The second kappa shape index (κ2) is 6.33. The van der Waals surface area contributed by atoms with Gasteiger partial charge in [-0.05, 0) is 25.7 Å². The summed E-state index contributed by atoms with van der Waals surface area (Å²) in [6.07, 6.45) is 2.52. The van der Waals surface area contributed by atoms with Crippen molar-refractivity contribution < 1.29 is 4.79 Å². The van der Waals surface area contributed by atoms with Gasteiger partial charge in [0.05, 0.1) is 0 Å². The van der Waals surface area contributed by atoms with E-state index in [0.29, 0.717) is 12.2 Å². The number of thiazole rings is 1. The Morgan fingerprint density at radius 2 is 2.35 bits per heavy atom. The van der Waals surface area contributed by atoms with Crippen LogP contribution in [-0.2, 0) is 6.54 Å². The van der Waals surface area contributed by atoms with Crippen molar-refractivity contribution in [2.45, 2.75) is 26.3 Å². The predicted octanol–water partition coefficient (Wildman–Crippen LogP) is 1.90. The van der Waals surface area contributed by atoms with Crippen molar-refractivity contribution in [1.29, 1.82) is 0 Å². The maximum absolute atomic E-state index is 12.1. The largest absolute Gasteiger partial charge is 0.337 e. The molecule has 0 aliphatic heterocycles. The predicted molar refractivity (Wildman–Crippen MR) is 71.6 cm³/mol. The Labute approximate surface area is 112 Å². The summed E-state index contributed by atoms with van der Waals surface area (Å²) in [5.41, 5.74) is 6.03. The van der Waals surface area contributed by atoms with Gasteiger partial charge < -0.3 is 10.6 Å². The number of halogens is 1. The van der Waals surface area contributed by atoms with Gasteiger partial charge in [-0.25, -0.2) is 4.98 Å². The normalized spacial score (nSPS) is 14.2. The van der Waals surface area contributed by atoms with Gasteiger partial charge in [0.15, 0.2) is 0 Å². The van der Waals surface area contributed by atoms with Gasteiger partial charge in [0, 0.05) is 25.0 Å². The first-order valence-corrected chi connectivity index (χ1v) is 6.56. The molecular formula is C11H18ClN3OS. The van der Waals surface area contributed by atoms with E-state index in [9.17, 15) is 4.79 Å². The van der Waals surface area contributed by atoms with Crippen LogP contribution in [0.5, 0.6) is 0 Å². The zero-order valence-electron chi connectivity index (χ0n) is 9.89. The maximum Gasteiger partial charge on any atom is 0.273 e. The van der Waals surface area contributed by atoms with Crippen LogP contribution in [0.15, 0.2) is 5.38 Å². The van der Waals surface area contributed by atoms with Crippen molar-refractivity contribution in [2.75, 3.05) is 13.1 Å². The lowest BCUT2D eigenvalue weighted by atomic mass is 10.3. The molecule has 0 bridgehead atoms. The second-order valence-electron chi connectivity index (χ2n) is 4.12. The van der Waals surface area contributed by atoms with Crippen molar-refractivity contribution in [2.24, 2.45) is 11.7 Å². The van der Waals surface area contributed by atoms with Crippen LogP contribution in [0.4, 0.5) is 0 Å². The highest BCUT2D eigenvalue weighted by Crippen LogP contribution is 2.30. The van der Waals surface area contributed by atoms with Gasteiger partial charge in [-0.2, -0.15) is 0 Å². The van der Waals surface area contributed by atoms with E-state index >= 15 is 0 Å². The Bertz CT molecular complexity index is 379. The summed E-state index contributed by atoms with van der Waals surface area (Å²) in [5.74, 6) is 0.766. The summed E-state index contributed by atoms with van der Waals surface area (Å²) >= 11 is 1.46. The number of carbonyl (C=O) groups excluding carboxylic acids is 1. The SMILES string of the molecule is CCN(CC1CC1)C(=O)c1csc(CN)n1.Cl. The smallest absolute Gasteiger partial charge is 0.273 e. The molecule has 96 valence electrons. The monoisotopic (exact) mass is 275 g/mol. The summed E-state index contributed by atoms with van der Waals surface area (Å²) in [6.45, 7) is 4.05. The van der Waals surface area contributed by atoms with E-state index in [2.05, 4.69) is 4.98 Å². The number of carbonyl (C=O) groups is 1. The summed E-state index contributed by atoms with van der Waals surface area (Å²) in [7, 11) is 0. The van der Waals surface area contributed by atoms with Gasteiger partial charge in [0.1, 0.15) is 10.7 Å². The molecule has 0 atom stereocenters. The minimum absolute atomic E-state index is 0. The molecule has 1 aromatic heterocycles. The van der Waals surface area contributed by atoms with Crippen molar-refractivity contribution in [3.63, 3.8) is 0 Å². The van der Waals surface area contributed by atoms with Crippen molar-refractivity contribution in [3.05, 3.63) is 16.1 Å². The molecule has 2 rings (SSSR count). The first-order valence-electron chi connectivity index (χ1n) is 5.68. The third-order valence-electron chi connectivity index (χ3n) is 2.79. The van der Waals surface area contributed by atoms with E-state index in [1.165, 1.54) is 24.2 Å². The first kappa shape index (κ1) is 14.4. The van der Waals surface area contributed by atoms with Gasteiger partial charge >= 0.3 is 0 Å². The lowest BCUT2D eigenvalue weighted by molar-refractivity contribution is 0.0751. The van der Waals surface area contributed by atoms with Gasteiger partial charge in [-0.1, -0.05) is 0 Å². The molecule has 1 aliphatic rings. The minimum atomic E-state index is 0. The molecular weight excluding hydrogens is 258 g/mol. The van der Waals surface area contributed by atoms with Crippen LogP contribution in [0.3, 0.4) is 0 Å². The molecule has 0 radical (unpaired) electrons. The van der Waals surface area contributed by atoms with Crippen LogP contribution >= 0.6 is 23.7 Å². The number of nitrogens with two attached hydrogens (primary N) is 1. The minimum Gasteiger partial charge on any atom is -0.337 e. The standard InChI is InChI=1S/C11H17N3OS.ClH/c1-2-14(6-8-3-4-8)11(15)9-7-16-10(5-12)13-9;/h7-8H,2-6,12H2,1H3;1H. The molecule has 4 nitrogen and oxygen atoms in total. The molecule has 0 aromatic carbocycles. The molecule has 17 heavy (non-hydrogen) atoms. The second-order valence-corrected chi connectivity index (χ2v) is 5.06. The van der Waals surface area contributed by atoms with E-state index in [-0.39, 0.29) is 18.3 Å². The number of hydrogen-bond donors (Lipinski definition) is 1. The van der Waals surface area contributed by atoms with Crippen LogP contribution in [-0.4, -0.2) is 28.9 Å². The van der Waals surface area contributed by atoms with Gasteiger partial charge in [0.2, 0.25) is 0 Å². The third-order valence-corrected chi connectivity index (χ3v) is 3.66. The topological polar surface area (TPSA) is 59.2 Å². The van der Waals surface area contributed by atoms with Crippen LogP contribution in [0.2, 0.25) is 0 Å². The zero-order chi connectivity index (χ0) is 11.5. The molecule has 1 amide bonds. The van der Waals surface area contributed by atoms with E-state index < -0.39 is 0 Å². The number of amides is 1. The van der Waals surface area contributed by atoms with E-state index in [4.69, 9.17) is 5.73 Å². The molecule has 1 saturated carbocycles. The summed E-state index contributed by atoms with van der Waals surface area (Å²) < 4.78 is 0. The summed E-state index contributed by atoms with van der Waals surface area (Å²) in [5, 5.41) is 2.63. The van der Waals surface area contributed by atoms with Crippen LogP contribution in [0, 0.1) is 5.92 Å². The average Bonchev–Trinajstić information content (AvgIpc) is 2.99. The Hall–Kier alpha value is -0.650. The van der Waals surface area contributed by atoms with Crippen molar-refractivity contribution in [3.8, 4) is 0 Å². The first-order chi connectivity index (χ1) is 7.74. The summed E-state index contributed by atoms with van der Waals surface area (Å²) in [4.78, 5) is 18.2. The highest BCUT2D eigenvalue weighted by molar-refractivity contribution is 7.09. The third kappa shape index (κ3) is 3.66. The highest BCUT2D eigenvalue weighted by Gasteiger charge is 2.27. The molecule has 1 heterocycles. The molecule has 2 N–H and O–H groups in total. The lowest BCUT2D eigenvalue weighted by Crippen LogP contribution is -2.32. The maximum atomic E-state index is 12.1. The Morgan fingerprint density at radius 3 is 2.82 bits per heavy atom. The fraction of sp³-hybridized carbons (Fsp3) is 0.636. The average molecular weight is 276 g/mol. The molecule has 0 unspecified atom stereocenters. The van der Waals surface area contributed by atoms with E-state index in [0.717, 1.165) is 24.0 Å².